The van der Waals surface area contributed by atoms with Crippen molar-refractivity contribution in [1.82, 2.24) is 9.97 Å². The Bertz CT molecular complexity index is 1040. The van der Waals surface area contributed by atoms with Gasteiger partial charge in [0, 0.05) is 24.0 Å². The summed E-state index contributed by atoms with van der Waals surface area (Å²) < 4.78 is 19.3. The molecule has 0 spiro atoms. The van der Waals surface area contributed by atoms with E-state index in [4.69, 9.17) is 10.00 Å². The Balaban J connectivity index is 1.40. The molecule has 1 heterocycles. The third-order valence-electron chi connectivity index (χ3n) is 5.95. The molecule has 0 bridgehead atoms. The smallest absolute Gasteiger partial charge is 0.159 e. The predicted molar refractivity (Wildman–Crippen MR) is 134 cm³/mol. The van der Waals surface area contributed by atoms with Gasteiger partial charge in [0.15, 0.2) is 5.82 Å². The summed E-state index contributed by atoms with van der Waals surface area (Å²) in [6.07, 6.45) is 16.9. The van der Waals surface area contributed by atoms with Crippen LogP contribution in [-0.2, 0) is 13.0 Å². The summed E-state index contributed by atoms with van der Waals surface area (Å²) in [5, 5.41) is 8.81. The van der Waals surface area contributed by atoms with Crippen molar-refractivity contribution < 1.29 is 9.13 Å². The first-order valence-electron chi connectivity index (χ1n) is 12.4. The van der Waals surface area contributed by atoms with Crippen LogP contribution in [0.3, 0.4) is 0 Å². The summed E-state index contributed by atoms with van der Waals surface area (Å²) in [7, 11) is 0. The molecule has 0 unspecified atom stereocenters. The van der Waals surface area contributed by atoms with Crippen LogP contribution in [0.25, 0.3) is 11.4 Å². The molecular weight excluding hydrogens is 425 g/mol. The maximum absolute atomic E-state index is 13.7. The van der Waals surface area contributed by atoms with Crippen molar-refractivity contribution in [3.05, 3.63) is 77.4 Å². The minimum atomic E-state index is -0.575. The number of halogens is 1. The maximum atomic E-state index is 13.7. The molecule has 0 saturated heterocycles. The third kappa shape index (κ3) is 8.26. The summed E-state index contributed by atoms with van der Waals surface area (Å²) >= 11 is 0. The second-order valence-corrected chi connectivity index (χ2v) is 8.73. The number of rotatable bonds is 14. The second kappa shape index (κ2) is 14.1. The van der Waals surface area contributed by atoms with Crippen molar-refractivity contribution in [2.24, 2.45) is 0 Å². The molecule has 0 atom stereocenters. The second-order valence-electron chi connectivity index (χ2n) is 8.73. The first-order valence-corrected chi connectivity index (χ1v) is 12.4. The fourth-order valence-electron chi connectivity index (χ4n) is 3.87. The molecule has 3 rings (SSSR count). The lowest BCUT2D eigenvalue weighted by molar-refractivity contribution is 0.304. The van der Waals surface area contributed by atoms with Crippen molar-refractivity contribution in [3.63, 3.8) is 0 Å². The van der Waals surface area contributed by atoms with Gasteiger partial charge in [-0.3, -0.25) is 0 Å². The van der Waals surface area contributed by atoms with E-state index >= 15 is 0 Å². The lowest BCUT2D eigenvalue weighted by Gasteiger charge is -2.08. The van der Waals surface area contributed by atoms with E-state index < -0.39 is 5.82 Å². The lowest BCUT2D eigenvalue weighted by atomic mass is 10.1. The zero-order valence-corrected chi connectivity index (χ0v) is 20.1. The average molecular weight is 460 g/mol. The maximum Gasteiger partial charge on any atom is 0.159 e. The van der Waals surface area contributed by atoms with Crippen LogP contribution in [0.1, 0.15) is 81.4 Å². The van der Waals surface area contributed by atoms with Gasteiger partial charge in [0.2, 0.25) is 0 Å². The van der Waals surface area contributed by atoms with Crippen molar-refractivity contribution >= 4 is 0 Å². The highest BCUT2D eigenvalue weighted by molar-refractivity contribution is 5.55. The summed E-state index contributed by atoms with van der Waals surface area (Å²) in [5.41, 5.74) is 3.10. The van der Waals surface area contributed by atoms with Gasteiger partial charge in [-0.05, 0) is 36.1 Å². The highest BCUT2D eigenvalue weighted by Gasteiger charge is 2.05. The van der Waals surface area contributed by atoms with Crippen LogP contribution in [0.2, 0.25) is 0 Å². The molecule has 0 N–H and O–H groups in total. The first-order chi connectivity index (χ1) is 16.7. The molecule has 34 heavy (non-hydrogen) atoms. The average Bonchev–Trinajstić information content (AvgIpc) is 2.87. The summed E-state index contributed by atoms with van der Waals surface area (Å²) in [4.78, 5) is 9.09. The number of ether oxygens (including phenoxy) is 1. The molecule has 0 radical (unpaired) electrons. The number of hydrogen-bond acceptors (Lipinski definition) is 4. The highest BCUT2D eigenvalue weighted by Crippen LogP contribution is 2.20. The van der Waals surface area contributed by atoms with Crippen LogP contribution in [0, 0.1) is 17.1 Å². The number of nitrogens with zero attached hydrogens (tertiary/aromatic N) is 3. The largest absolute Gasteiger partial charge is 0.489 e. The summed E-state index contributed by atoms with van der Waals surface area (Å²) in [5.74, 6) is 0.526. The molecular formula is C29H34FN3O. The Kier molecular flexibility index (Phi) is 10.5. The molecule has 5 heteroatoms. The fraction of sp³-hybridized carbons (Fsp3) is 0.414. The Morgan fingerprint density at radius 2 is 1.47 bits per heavy atom. The molecule has 178 valence electrons. The molecule has 0 saturated carbocycles. The minimum Gasteiger partial charge on any atom is -0.489 e. The van der Waals surface area contributed by atoms with Crippen molar-refractivity contribution in [2.45, 2.75) is 77.7 Å². The molecule has 0 aliphatic heterocycles. The minimum absolute atomic E-state index is 0.0101. The molecule has 3 aromatic rings. The van der Waals surface area contributed by atoms with Crippen LogP contribution in [0.4, 0.5) is 4.39 Å². The van der Waals surface area contributed by atoms with Crippen LogP contribution < -0.4 is 4.74 Å². The molecule has 4 nitrogen and oxygen atoms in total. The molecule has 0 fully saturated rings. The lowest BCUT2D eigenvalue weighted by Crippen LogP contribution is -1.97. The van der Waals surface area contributed by atoms with Gasteiger partial charge in [-0.25, -0.2) is 14.4 Å². The van der Waals surface area contributed by atoms with Gasteiger partial charge >= 0.3 is 0 Å². The van der Waals surface area contributed by atoms with E-state index in [1.807, 2.05) is 36.7 Å². The molecule has 0 amide bonds. The normalized spacial score (nSPS) is 10.7. The monoisotopic (exact) mass is 459 g/mol. The summed E-state index contributed by atoms with van der Waals surface area (Å²) in [6, 6.07) is 13.9. The third-order valence-corrected chi connectivity index (χ3v) is 5.95. The Hall–Kier alpha value is -3.26. The fourth-order valence-corrected chi connectivity index (χ4v) is 3.87. The van der Waals surface area contributed by atoms with Crippen molar-refractivity contribution in [2.75, 3.05) is 0 Å². The SMILES string of the molecule is CCCCCCCCCCCc1cnc(-c2ccc(COc3ccc(C#N)c(F)c3)cc2)nc1. The highest BCUT2D eigenvalue weighted by atomic mass is 19.1. The quantitative estimate of drug-likeness (QED) is 0.231. The number of benzene rings is 2. The Morgan fingerprint density at radius 1 is 0.824 bits per heavy atom. The zero-order chi connectivity index (χ0) is 24.0. The molecule has 0 aliphatic carbocycles. The Morgan fingerprint density at radius 3 is 2.09 bits per heavy atom. The van der Waals surface area contributed by atoms with Gasteiger partial charge in [-0.2, -0.15) is 5.26 Å². The first kappa shape index (κ1) is 25.4. The molecule has 0 aliphatic rings. The van der Waals surface area contributed by atoms with Crippen molar-refractivity contribution in [1.29, 1.82) is 5.26 Å². The van der Waals surface area contributed by atoms with E-state index in [-0.39, 0.29) is 5.56 Å². The van der Waals surface area contributed by atoms with E-state index in [2.05, 4.69) is 16.9 Å². The van der Waals surface area contributed by atoms with Crippen LogP contribution in [-0.4, -0.2) is 9.97 Å². The zero-order valence-electron chi connectivity index (χ0n) is 20.1. The topological polar surface area (TPSA) is 58.8 Å². The molecule has 2 aromatic carbocycles. The van der Waals surface area contributed by atoms with Gasteiger partial charge in [0.05, 0.1) is 5.56 Å². The summed E-state index contributed by atoms with van der Waals surface area (Å²) in [6.45, 7) is 2.57. The number of aryl methyl sites for hydroxylation is 1. The number of unbranched alkanes of at least 4 members (excludes halogenated alkanes) is 8. The number of aromatic nitrogens is 2. The van der Waals surface area contributed by atoms with E-state index in [9.17, 15) is 4.39 Å². The van der Waals surface area contributed by atoms with Gasteiger partial charge < -0.3 is 4.74 Å². The van der Waals surface area contributed by atoms with E-state index in [0.29, 0.717) is 18.2 Å². The van der Waals surface area contributed by atoms with Crippen LogP contribution >= 0.6 is 0 Å². The number of nitriles is 1. The Labute approximate surface area is 202 Å². The van der Waals surface area contributed by atoms with Crippen LogP contribution in [0.5, 0.6) is 5.75 Å². The number of hydrogen-bond donors (Lipinski definition) is 0. The molecule has 1 aromatic heterocycles. The standard InChI is InChI=1S/C29H34FN3O/c1-2-3-4-5-6-7-8-9-10-11-24-20-32-29(33-21-24)25-14-12-23(13-15-25)22-34-27-17-16-26(19-31)28(30)18-27/h12-18,20-21H,2-11,22H2,1H3. The van der Waals surface area contributed by atoms with E-state index in [0.717, 1.165) is 17.5 Å². The van der Waals surface area contributed by atoms with Gasteiger partial charge in [0.25, 0.3) is 0 Å². The van der Waals surface area contributed by atoms with Crippen LogP contribution in [0.15, 0.2) is 54.9 Å². The van der Waals surface area contributed by atoms with Gasteiger partial charge in [-0.15, -0.1) is 0 Å². The van der Waals surface area contributed by atoms with Crippen molar-refractivity contribution in [3.8, 4) is 23.2 Å². The van der Waals surface area contributed by atoms with Gasteiger partial charge in [0.1, 0.15) is 24.2 Å². The van der Waals surface area contributed by atoms with E-state index in [1.54, 1.807) is 12.1 Å². The van der Waals surface area contributed by atoms with Gasteiger partial charge in [-0.1, -0.05) is 82.6 Å². The van der Waals surface area contributed by atoms with E-state index in [1.165, 1.54) is 75.5 Å². The predicted octanol–water partition coefficient (Wildman–Crippen LogP) is 7.81.